The van der Waals surface area contributed by atoms with Crippen molar-refractivity contribution in [1.82, 2.24) is 4.90 Å². The van der Waals surface area contributed by atoms with Gasteiger partial charge in [-0.1, -0.05) is 30.5 Å². The van der Waals surface area contributed by atoms with Gasteiger partial charge in [0.25, 0.3) is 0 Å². The van der Waals surface area contributed by atoms with Crippen LogP contribution < -0.4 is 15.2 Å². The molecule has 21 heavy (non-hydrogen) atoms. The highest BCUT2D eigenvalue weighted by molar-refractivity contribution is 6.33. The van der Waals surface area contributed by atoms with Gasteiger partial charge in [-0.2, -0.15) is 0 Å². The summed E-state index contributed by atoms with van der Waals surface area (Å²) in [6.45, 7) is 2.70. The van der Waals surface area contributed by atoms with Crippen molar-refractivity contribution >= 4 is 11.6 Å². The molecule has 1 saturated heterocycles. The molecule has 1 aliphatic rings. The normalized spacial score (nSPS) is 18.1. The fraction of sp³-hybridized carbons (Fsp3) is 0.625. The molecule has 0 bridgehead atoms. The van der Waals surface area contributed by atoms with Gasteiger partial charge in [0.15, 0.2) is 11.5 Å². The fourth-order valence-electron chi connectivity index (χ4n) is 3.04. The van der Waals surface area contributed by atoms with Gasteiger partial charge >= 0.3 is 0 Å². The van der Waals surface area contributed by atoms with E-state index in [1.54, 1.807) is 14.2 Å². The first-order valence-corrected chi connectivity index (χ1v) is 7.95. The number of methoxy groups -OCH3 is 2. The molecule has 0 amide bonds. The third kappa shape index (κ3) is 3.62. The number of hydrogen-bond donors (Lipinski definition) is 1. The van der Waals surface area contributed by atoms with Crippen LogP contribution in [0.3, 0.4) is 0 Å². The second-order valence-corrected chi connectivity index (χ2v) is 5.78. The summed E-state index contributed by atoms with van der Waals surface area (Å²) in [4.78, 5) is 2.44. The van der Waals surface area contributed by atoms with Crippen molar-refractivity contribution in [3.05, 3.63) is 22.7 Å². The van der Waals surface area contributed by atoms with Gasteiger partial charge in [0.1, 0.15) is 0 Å². The topological polar surface area (TPSA) is 47.7 Å². The fourth-order valence-corrected chi connectivity index (χ4v) is 3.40. The van der Waals surface area contributed by atoms with Crippen molar-refractivity contribution in [3.63, 3.8) is 0 Å². The number of benzene rings is 1. The molecule has 0 radical (unpaired) electrons. The van der Waals surface area contributed by atoms with E-state index >= 15 is 0 Å². The molecule has 0 aromatic heterocycles. The molecule has 118 valence electrons. The van der Waals surface area contributed by atoms with E-state index in [0.717, 1.165) is 18.7 Å². The maximum absolute atomic E-state index is 6.54. The Labute approximate surface area is 132 Å². The van der Waals surface area contributed by atoms with Crippen LogP contribution in [0, 0.1) is 0 Å². The summed E-state index contributed by atoms with van der Waals surface area (Å²) in [5, 5.41) is 0.608. The Morgan fingerprint density at radius 3 is 2.33 bits per heavy atom. The highest BCUT2D eigenvalue weighted by Crippen LogP contribution is 2.41. The molecule has 4 nitrogen and oxygen atoms in total. The Balaban J connectivity index is 2.33. The summed E-state index contributed by atoms with van der Waals surface area (Å²) in [6, 6.07) is 4.04. The smallest absolute Gasteiger partial charge is 0.179 e. The number of nitrogens with two attached hydrogens (primary N) is 1. The van der Waals surface area contributed by atoms with E-state index in [0.29, 0.717) is 23.1 Å². The van der Waals surface area contributed by atoms with Crippen LogP contribution in [-0.2, 0) is 0 Å². The largest absolute Gasteiger partial charge is 0.493 e. The summed E-state index contributed by atoms with van der Waals surface area (Å²) < 4.78 is 10.7. The summed E-state index contributed by atoms with van der Waals surface area (Å²) >= 11 is 6.54. The van der Waals surface area contributed by atoms with Crippen LogP contribution in [0.2, 0.25) is 5.02 Å². The number of likely N-dealkylation sites (tertiary alicyclic amines) is 1. The molecule has 1 fully saturated rings. The molecular weight excluding hydrogens is 288 g/mol. The second-order valence-electron chi connectivity index (χ2n) is 5.41. The predicted octanol–water partition coefficient (Wildman–Crippen LogP) is 3.23. The van der Waals surface area contributed by atoms with E-state index in [4.69, 9.17) is 26.8 Å². The molecule has 1 atom stereocenters. The number of rotatable bonds is 5. The van der Waals surface area contributed by atoms with Crippen LogP contribution in [0.4, 0.5) is 0 Å². The van der Waals surface area contributed by atoms with Gasteiger partial charge in [-0.3, -0.25) is 4.90 Å². The Morgan fingerprint density at radius 1 is 1.14 bits per heavy atom. The minimum atomic E-state index is 0.135. The number of nitrogens with zero attached hydrogens (tertiary/aromatic N) is 1. The zero-order valence-electron chi connectivity index (χ0n) is 12.9. The van der Waals surface area contributed by atoms with E-state index in [-0.39, 0.29) is 6.04 Å². The maximum atomic E-state index is 6.54. The highest BCUT2D eigenvalue weighted by Gasteiger charge is 2.25. The minimum absolute atomic E-state index is 0.135. The second kappa shape index (κ2) is 7.87. The Bertz CT molecular complexity index is 460. The molecule has 1 aliphatic heterocycles. The van der Waals surface area contributed by atoms with Crippen LogP contribution >= 0.6 is 11.6 Å². The maximum Gasteiger partial charge on any atom is 0.179 e. The van der Waals surface area contributed by atoms with Crippen LogP contribution in [0.15, 0.2) is 12.1 Å². The van der Waals surface area contributed by atoms with Gasteiger partial charge in [0, 0.05) is 12.6 Å². The lowest BCUT2D eigenvalue weighted by molar-refractivity contribution is 0.209. The SMILES string of the molecule is COc1ccc(C(CN)N2CCCCCC2)c(Cl)c1OC. The monoisotopic (exact) mass is 312 g/mol. The van der Waals surface area contributed by atoms with Gasteiger partial charge in [-0.15, -0.1) is 0 Å². The van der Waals surface area contributed by atoms with E-state index in [2.05, 4.69) is 4.90 Å². The molecule has 2 rings (SSSR count). The summed E-state index contributed by atoms with van der Waals surface area (Å²) in [5.74, 6) is 1.24. The third-order valence-corrected chi connectivity index (χ3v) is 4.57. The van der Waals surface area contributed by atoms with E-state index in [1.807, 2.05) is 12.1 Å². The van der Waals surface area contributed by atoms with Gasteiger partial charge in [-0.25, -0.2) is 0 Å². The number of ether oxygens (including phenoxy) is 2. The summed E-state index contributed by atoms with van der Waals surface area (Å²) in [7, 11) is 3.22. The molecular formula is C16H25ClN2O2. The standard InChI is InChI=1S/C16H25ClN2O2/c1-20-14-8-7-12(15(17)16(14)21-2)13(11-18)19-9-5-3-4-6-10-19/h7-8,13H,3-6,9-11,18H2,1-2H3. The molecule has 0 saturated carbocycles. The van der Waals surface area contributed by atoms with Gasteiger partial charge in [-0.05, 0) is 37.6 Å². The average Bonchev–Trinajstić information content (AvgIpc) is 2.78. The minimum Gasteiger partial charge on any atom is -0.493 e. The number of hydrogen-bond acceptors (Lipinski definition) is 4. The molecule has 1 aromatic carbocycles. The average molecular weight is 313 g/mol. The Kier molecular flexibility index (Phi) is 6.15. The first kappa shape index (κ1) is 16.4. The molecule has 1 heterocycles. The van der Waals surface area contributed by atoms with E-state index in [1.165, 1.54) is 25.7 Å². The molecule has 2 N–H and O–H groups in total. The lowest BCUT2D eigenvalue weighted by Crippen LogP contribution is -2.34. The zero-order valence-corrected chi connectivity index (χ0v) is 13.7. The van der Waals surface area contributed by atoms with Gasteiger partial charge in [0.05, 0.1) is 19.2 Å². The van der Waals surface area contributed by atoms with Gasteiger partial charge < -0.3 is 15.2 Å². The first-order valence-electron chi connectivity index (χ1n) is 7.57. The quantitative estimate of drug-likeness (QED) is 0.907. The summed E-state index contributed by atoms with van der Waals surface area (Å²) in [6.07, 6.45) is 5.05. The zero-order chi connectivity index (χ0) is 15.2. The van der Waals surface area contributed by atoms with Gasteiger partial charge in [0.2, 0.25) is 0 Å². The lowest BCUT2D eigenvalue weighted by Gasteiger charge is -2.31. The van der Waals surface area contributed by atoms with E-state index in [9.17, 15) is 0 Å². The van der Waals surface area contributed by atoms with Crippen LogP contribution in [0.5, 0.6) is 11.5 Å². The molecule has 1 unspecified atom stereocenters. The van der Waals surface area contributed by atoms with Crippen molar-refractivity contribution < 1.29 is 9.47 Å². The van der Waals surface area contributed by atoms with Crippen molar-refractivity contribution in [2.24, 2.45) is 5.73 Å². The summed E-state index contributed by atoms with van der Waals surface area (Å²) in [5.41, 5.74) is 7.07. The van der Waals surface area contributed by atoms with Crippen LogP contribution in [0.1, 0.15) is 37.3 Å². The van der Waals surface area contributed by atoms with Crippen LogP contribution in [0.25, 0.3) is 0 Å². The molecule has 0 spiro atoms. The predicted molar refractivity (Wildman–Crippen MR) is 86.4 cm³/mol. The molecule has 1 aromatic rings. The lowest BCUT2D eigenvalue weighted by atomic mass is 10.0. The number of halogens is 1. The van der Waals surface area contributed by atoms with Crippen molar-refractivity contribution in [2.45, 2.75) is 31.7 Å². The first-order chi connectivity index (χ1) is 10.2. The third-order valence-electron chi connectivity index (χ3n) is 4.18. The van der Waals surface area contributed by atoms with Crippen LogP contribution in [-0.4, -0.2) is 38.8 Å². The van der Waals surface area contributed by atoms with Crippen molar-refractivity contribution in [1.29, 1.82) is 0 Å². The Morgan fingerprint density at radius 2 is 1.81 bits per heavy atom. The highest BCUT2D eigenvalue weighted by atomic mass is 35.5. The van der Waals surface area contributed by atoms with E-state index < -0.39 is 0 Å². The van der Waals surface area contributed by atoms with Crippen molar-refractivity contribution in [3.8, 4) is 11.5 Å². The van der Waals surface area contributed by atoms with Crippen molar-refractivity contribution in [2.75, 3.05) is 33.9 Å². The Hall–Kier alpha value is -0.970. The molecule has 5 heteroatoms. The molecule has 0 aliphatic carbocycles.